The second-order valence-corrected chi connectivity index (χ2v) is 3.79. The van der Waals surface area contributed by atoms with E-state index in [-0.39, 0.29) is 31.7 Å². The van der Waals surface area contributed by atoms with Crippen LogP contribution in [0.4, 0.5) is 0 Å². The molecule has 6 nitrogen and oxygen atoms in total. The first kappa shape index (κ1) is 12.6. The minimum atomic E-state index is -1.10. The van der Waals surface area contributed by atoms with Crippen LogP contribution in [-0.4, -0.2) is 52.0 Å². The molecular formula is C10H14NO5. The molecule has 1 fully saturated rings. The van der Waals surface area contributed by atoms with Crippen LogP contribution in [0.1, 0.15) is 25.7 Å². The highest BCUT2D eigenvalue weighted by molar-refractivity contribution is 5.84. The molecule has 6 heteroatoms. The fourth-order valence-corrected chi connectivity index (χ4v) is 1.78. The standard InChI is InChI=1S/C10H14NO5/c12-4-2-1-3-9(14)11-6-7(13)5-8(11)10(15)16/h7-8,13H,1-3,5-6H2,(H,15,16)/t7?,8-/m0/s1. The van der Waals surface area contributed by atoms with Gasteiger partial charge in [-0.25, -0.2) is 4.79 Å². The van der Waals surface area contributed by atoms with Gasteiger partial charge in [-0.2, -0.15) is 0 Å². The van der Waals surface area contributed by atoms with Gasteiger partial charge in [-0.3, -0.25) is 9.59 Å². The van der Waals surface area contributed by atoms with Crippen LogP contribution < -0.4 is 0 Å². The number of aliphatic carboxylic acids is 1. The first-order chi connectivity index (χ1) is 7.56. The van der Waals surface area contributed by atoms with E-state index < -0.39 is 18.1 Å². The van der Waals surface area contributed by atoms with Gasteiger partial charge < -0.3 is 15.1 Å². The molecule has 1 unspecified atom stereocenters. The molecule has 89 valence electrons. The SMILES string of the molecule is O=[C]CCCC(=O)N1CC(O)C[C@H]1C(=O)O. The van der Waals surface area contributed by atoms with Crippen LogP contribution in [0.3, 0.4) is 0 Å². The number of hydrogen-bond donors (Lipinski definition) is 2. The number of β-amino-alcohol motifs (C(OH)–C–C–N with tert-alkyl or cyclic N) is 1. The fourth-order valence-electron chi connectivity index (χ4n) is 1.78. The summed E-state index contributed by atoms with van der Waals surface area (Å²) in [7, 11) is 0. The molecule has 0 aromatic heterocycles. The van der Waals surface area contributed by atoms with Crippen molar-refractivity contribution in [1.82, 2.24) is 4.90 Å². The molecule has 1 saturated heterocycles. The van der Waals surface area contributed by atoms with Crippen molar-refractivity contribution in [2.45, 2.75) is 37.8 Å². The van der Waals surface area contributed by atoms with E-state index in [4.69, 9.17) is 5.11 Å². The largest absolute Gasteiger partial charge is 0.480 e. The van der Waals surface area contributed by atoms with Gasteiger partial charge in [0.25, 0.3) is 0 Å². The lowest BCUT2D eigenvalue weighted by Crippen LogP contribution is -2.40. The van der Waals surface area contributed by atoms with Crippen molar-refractivity contribution in [2.75, 3.05) is 6.54 Å². The third-order valence-electron chi connectivity index (χ3n) is 2.55. The Hall–Kier alpha value is -1.43. The zero-order valence-electron chi connectivity index (χ0n) is 8.76. The minimum absolute atomic E-state index is 0.0562. The molecular weight excluding hydrogens is 214 g/mol. The molecule has 1 heterocycles. The van der Waals surface area contributed by atoms with Crippen LogP contribution in [0.25, 0.3) is 0 Å². The number of unbranched alkanes of at least 4 members (excludes halogenated alkanes) is 1. The summed E-state index contributed by atoms with van der Waals surface area (Å²) >= 11 is 0. The monoisotopic (exact) mass is 228 g/mol. The lowest BCUT2D eigenvalue weighted by molar-refractivity contribution is -0.148. The number of hydrogen-bond acceptors (Lipinski definition) is 4. The Balaban J connectivity index is 2.53. The highest BCUT2D eigenvalue weighted by atomic mass is 16.4. The minimum Gasteiger partial charge on any atom is -0.480 e. The Bertz CT molecular complexity index is 291. The number of aliphatic hydroxyl groups is 1. The summed E-state index contributed by atoms with van der Waals surface area (Å²) in [5.74, 6) is -1.44. The molecule has 16 heavy (non-hydrogen) atoms. The Kier molecular flexibility index (Phi) is 4.42. The molecule has 1 aliphatic heterocycles. The van der Waals surface area contributed by atoms with E-state index in [1.165, 1.54) is 0 Å². The predicted molar refractivity (Wildman–Crippen MR) is 53.3 cm³/mol. The summed E-state index contributed by atoms with van der Waals surface area (Å²) in [6, 6.07) is -0.942. The predicted octanol–water partition coefficient (Wildman–Crippen LogP) is -0.687. The molecule has 1 rings (SSSR count). The molecule has 0 aromatic rings. The third kappa shape index (κ3) is 3.03. The normalized spacial score (nSPS) is 24.4. The highest BCUT2D eigenvalue weighted by Crippen LogP contribution is 2.19. The maximum Gasteiger partial charge on any atom is 0.326 e. The molecule has 0 spiro atoms. The summed E-state index contributed by atoms with van der Waals surface area (Å²) in [5, 5.41) is 18.2. The van der Waals surface area contributed by atoms with Crippen molar-refractivity contribution in [2.24, 2.45) is 0 Å². The Morgan fingerprint density at radius 2 is 2.12 bits per heavy atom. The van der Waals surface area contributed by atoms with Crippen LogP contribution >= 0.6 is 0 Å². The summed E-state index contributed by atoms with van der Waals surface area (Å²) in [6.07, 6.45) is 1.61. The van der Waals surface area contributed by atoms with E-state index in [1.54, 1.807) is 6.29 Å². The maximum atomic E-state index is 11.6. The maximum absolute atomic E-state index is 11.6. The van der Waals surface area contributed by atoms with E-state index in [1.807, 2.05) is 0 Å². The van der Waals surface area contributed by atoms with E-state index in [0.29, 0.717) is 6.42 Å². The van der Waals surface area contributed by atoms with Crippen molar-refractivity contribution >= 4 is 18.2 Å². The van der Waals surface area contributed by atoms with Gasteiger partial charge in [0.1, 0.15) is 6.04 Å². The van der Waals surface area contributed by atoms with Gasteiger partial charge >= 0.3 is 5.97 Å². The van der Waals surface area contributed by atoms with Crippen molar-refractivity contribution in [1.29, 1.82) is 0 Å². The summed E-state index contributed by atoms with van der Waals surface area (Å²) in [6.45, 7) is 0.0562. The lowest BCUT2D eigenvalue weighted by Gasteiger charge is -2.20. The van der Waals surface area contributed by atoms with Crippen molar-refractivity contribution in [3.8, 4) is 0 Å². The number of carboxylic acid groups (broad SMARTS) is 1. The van der Waals surface area contributed by atoms with Crippen LogP contribution in [-0.2, 0) is 14.4 Å². The molecule has 1 amide bonds. The average molecular weight is 228 g/mol. The van der Waals surface area contributed by atoms with Crippen LogP contribution in [0, 0.1) is 0 Å². The van der Waals surface area contributed by atoms with Gasteiger partial charge in [-0.15, -0.1) is 0 Å². The molecule has 0 saturated carbocycles. The zero-order chi connectivity index (χ0) is 12.1. The fraction of sp³-hybridized carbons (Fsp3) is 0.700. The number of carbonyl (C=O) groups excluding carboxylic acids is 2. The first-order valence-electron chi connectivity index (χ1n) is 5.11. The molecule has 0 aliphatic carbocycles. The second kappa shape index (κ2) is 5.60. The Labute approximate surface area is 92.9 Å². The Morgan fingerprint density at radius 1 is 1.44 bits per heavy atom. The van der Waals surface area contributed by atoms with E-state index >= 15 is 0 Å². The number of likely N-dealkylation sites (tertiary alicyclic amines) is 1. The third-order valence-corrected chi connectivity index (χ3v) is 2.55. The molecule has 1 aliphatic rings. The van der Waals surface area contributed by atoms with Crippen molar-refractivity contribution < 1.29 is 24.6 Å². The smallest absolute Gasteiger partial charge is 0.326 e. The quantitative estimate of drug-likeness (QED) is 0.607. The number of amides is 1. The van der Waals surface area contributed by atoms with Crippen LogP contribution in [0.15, 0.2) is 0 Å². The van der Waals surface area contributed by atoms with Gasteiger partial charge in [0, 0.05) is 25.8 Å². The number of carboxylic acids is 1. The number of carbonyl (C=O) groups is 2. The molecule has 2 atom stereocenters. The number of aliphatic hydroxyl groups excluding tert-OH is 1. The van der Waals surface area contributed by atoms with Gasteiger partial charge in [0.15, 0.2) is 6.29 Å². The van der Waals surface area contributed by atoms with Gasteiger partial charge in [-0.05, 0) is 6.42 Å². The highest BCUT2D eigenvalue weighted by Gasteiger charge is 2.38. The second-order valence-electron chi connectivity index (χ2n) is 3.79. The molecule has 2 N–H and O–H groups in total. The number of rotatable bonds is 5. The van der Waals surface area contributed by atoms with Crippen LogP contribution in [0.2, 0.25) is 0 Å². The summed E-state index contributed by atoms with van der Waals surface area (Å²) < 4.78 is 0. The van der Waals surface area contributed by atoms with E-state index in [2.05, 4.69) is 0 Å². The topological polar surface area (TPSA) is 94.9 Å². The molecule has 0 bridgehead atoms. The summed E-state index contributed by atoms with van der Waals surface area (Å²) in [4.78, 5) is 33.5. The summed E-state index contributed by atoms with van der Waals surface area (Å²) in [5.41, 5.74) is 0. The van der Waals surface area contributed by atoms with Gasteiger partial charge in [0.2, 0.25) is 5.91 Å². The van der Waals surface area contributed by atoms with Gasteiger partial charge in [0.05, 0.1) is 6.10 Å². The van der Waals surface area contributed by atoms with Crippen molar-refractivity contribution in [3.05, 3.63) is 0 Å². The Morgan fingerprint density at radius 3 is 2.69 bits per heavy atom. The van der Waals surface area contributed by atoms with E-state index in [9.17, 15) is 19.5 Å². The van der Waals surface area contributed by atoms with Crippen LogP contribution in [0.5, 0.6) is 0 Å². The average Bonchev–Trinajstić information content (AvgIpc) is 2.61. The number of nitrogens with zero attached hydrogens (tertiary/aromatic N) is 1. The zero-order valence-corrected chi connectivity index (χ0v) is 8.76. The van der Waals surface area contributed by atoms with Gasteiger partial charge in [-0.1, -0.05) is 0 Å². The molecule has 1 radical (unpaired) electrons. The first-order valence-corrected chi connectivity index (χ1v) is 5.11. The van der Waals surface area contributed by atoms with Crippen molar-refractivity contribution in [3.63, 3.8) is 0 Å². The molecule has 0 aromatic carbocycles. The lowest BCUT2D eigenvalue weighted by atomic mass is 10.2. The van der Waals surface area contributed by atoms with E-state index in [0.717, 1.165) is 4.90 Å².